The van der Waals surface area contributed by atoms with E-state index in [1.165, 1.54) is 12.7 Å². The molecule has 1 N–H and O–H groups in total. The fourth-order valence-corrected chi connectivity index (χ4v) is 2.81. The van der Waals surface area contributed by atoms with E-state index in [9.17, 15) is 4.79 Å². The first-order chi connectivity index (χ1) is 8.08. The topological polar surface area (TPSA) is 52.2 Å². The van der Waals surface area contributed by atoms with Gasteiger partial charge in [-0.25, -0.2) is 4.98 Å². The second-order valence-corrected chi connectivity index (χ2v) is 5.46. The number of H-pyrrole nitrogens is 1. The molecule has 1 aromatic rings. The van der Waals surface area contributed by atoms with Crippen LogP contribution in [0, 0.1) is 5.92 Å². The molecule has 1 saturated heterocycles. The van der Waals surface area contributed by atoms with E-state index in [2.05, 4.69) is 37.8 Å². The van der Waals surface area contributed by atoms with Crippen molar-refractivity contribution in [3.8, 4) is 0 Å². The molecule has 2 heterocycles. The van der Waals surface area contributed by atoms with Crippen molar-refractivity contribution in [3.63, 3.8) is 0 Å². The van der Waals surface area contributed by atoms with Gasteiger partial charge in [-0.1, -0.05) is 0 Å². The number of hydrogen-bond donors (Lipinski definition) is 1. The Bertz CT molecular complexity index is 447. The molecule has 17 heavy (non-hydrogen) atoms. The van der Waals surface area contributed by atoms with Crippen LogP contribution in [0.1, 0.15) is 6.42 Å². The molecule has 0 amide bonds. The Kier molecular flexibility index (Phi) is 3.83. The largest absolute Gasteiger partial charge is 0.358 e. The quantitative estimate of drug-likeness (QED) is 0.902. The van der Waals surface area contributed by atoms with Gasteiger partial charge < -0.3 is 14.8 Å². The van der Waals surface area contributed by atoms with Crippen LogP contribution >= 0.6 is 15.9 Å². The SMILES string of the molecule is CN1CCC(CN(C)c2nc[nH]c(=O)c2Br)C1. The Morgan fingerprint density at radius 2 is 2.47 bits per heavy atom. The second-order valence-electron chi connectivity index (χ2n) is 4.67. The molecule has 0 spiro atoms. The first-order valence-electron chi connectivity index (χ1n) is 5.71. The van der Waals surface area contributed by atoms with Crippen molar-refractivity contribution < 1.29 is 0 Å². The molecule has 6 heteroatoms. The van der Waals surface area contributed by atoms with Crippen molar-refractivity contribution in [1.82, 2.24) is 14.9 Å². The molecule has 0 aliphatic carbocycles. The first-order valence-corrected chi connectivity index (χ1v) is 6.50. The zero-order valence-electron chi connectivity index (χ0n) is 10.1. The zero-order valence-corrected chi connectivity index (χ0v) is 11.7. The molecule has 1 aliphatic rings. The van der Waals surface area contributed by atoms with Crippen molar-refractivity contribution in [2.24, 2.45) is 5.92 Å². The Labute approximate surface area is 109 Å². The summed E-state index contributed by atoms with van der Waals surface area (Å²) < 4.78 is 0.508. The third-order valence-electron chi connectivity index (χ3n) is 3.16. The summed E-state index contributed by atoms with van der Waals surface area (Å²) in [6.07, 6.45) is 2.65. The highest BCUT2D eigenvalue weighted by Gasteiger charge is 2.22. The fraction of sp³-hybridized carbons (Fsp3) is 0.636. The third kappa shape index (κ3) is 2.87. The van der Waals surface area contributed by atoms with E-state index in [0.29, 0.717) is 16.2 Å². The maximum atomic E-state index is 11.5. The average molecular weight is 301 g/mol. The Morgan fingerprint density at radius 1 is 1.71 bits per heavy atom. The van der Waals surface area contributed by atoms with Gasteiger partial charge in [-0.05, 0) is 41.9 Å². The fourth-order valence-electron chi connectivity index (χ4n) is 2.29. The van der Waals surface area contributed by atoms with E-state index in [1.807, 2.05) is 11.9 Å². The molecule has 5 nitrogen and oxygen atoms in total. The highest BCUT2D eigenvalue weighted by molar-refractivity contribution is 9.10. The standard InChI is InChI=1S/C11H17BrN4O/c1-15-4-3-8(5-15)6-16(2)10-9(12)11(17)14-7-13-10/h7-8H,3-6H2,1-2H3,(H,13,14,17). The molecular formula is C11H17BrN4O. The predicted octanol–water partition coefficient (Wildman–Crippen LogP) is 0.920. The summed E-state index contributed by atoms with van der Waals surface area (Å²) in [6.45, 7) is 3.20. The van der Waals surface area contributed by atoms with Crippen LogP contribution in [0.3, 0.4) is 0 Å². The molecule has 1 aliphatic heterocycles. The lowest BCUT2D eigenvalue weighted by Gasteiger charge is -2.22. The van der Waals surface area contributed by atoms with Crippen LogP contribution in [0.2, 0.25) is 0 Å². The predicted molar refractivity (Wildman–Crippen MR) is 71.4 cm³/mol. The van der Waals surface area contributed by atoms with Crippen LogP contribution in [0.5, 0.6) is 0 Å². The monoisotopic (exact) mass is 300 g/mol. The Hall–Kier alpha value is -0.880. The van der Waals surface area contributed by atoms with Gasteiger partial charge in [0.15, 0.2) is 0 Å². The molecule has 1 atom stereocenters. The average Bonchev–Trinajstić information content (AvgIpc) is 2.68. The normalized spacial score (nSPS) is 20.8. The van der Waals surface area contributed by atoms with Gasteiger partial charge in [0.25, 0.3) is 5.56 Å². The number of nitrogens with zero attached hydrogens (tertiary/aromatic N) is 3. The van der Waals surface area contributed by atoms with Crippen molar-refractivity contribution in [2.75, 3.05) is 38.6 Å². The summed E-state index contributed by atoms with van der Waals surface area (Å²) in [5.41, 5.74) is -0.134. The lowest BCUT2D eigenvalue weighted by Crippen LogP contribution is -2.29. The van der Waals surface area contributed by atoms with E-state index in [0.717, 1.165) is 19.6 Å². The molecule has 1 unspecified atom stereocenters. The van der Waals surface area contributed by atoms with Gasteiger partial charge >= 0.3 is 0 Å². The number of nitrogens with one attached hydrogen (secondary N) is 1. The minimum atomic E-state index is -0.134. The number of rotatable bonds is 3. The summed E-state index contributed by atoms with van der Waals surface area (Å²) in [6, 6.07) is 0. The van der Waals surface area contributed by atoms with Crippen LogP contribution in [-0.4, -0.2) is 48.6 Å². The van der Waals surface area contributed by atoms with Gasteiger partial charge in [-0.15, -0.1) is 0 Å². The molecule has 94 valence electrons. The van der Waals surface area contributed by atoms with Crippen LogP contribution in [0.25, 0.3) is 0 Å². The summed E-state index contributed by atoms with van der Waals surface area (Å²) in [5.74, 6) is 1.36. The zero-order chi connectivity index (χ0) is 12.4. The summed E-state index contributed by atoms with van der Waals surface area (Å²) >= 11 is 3.28. The van der Waals surface area contributed by atoms with E-state index >= 15 is 0 Å². The van der Waals surface area contributed by atoms with Gasteiger partial charge in [-0.2, -0.15) is 0 Å². The molecule has 0 bridgehead atoms. The summed E-state index contributed by atoms with van der Waals surface area (Å²) in [4.78, 5) is 22.6. The summed E-state index contributed by atoms with van der Waals surface area (Å²) in [5, 5.41) is 0. The third-order valence-corrected chi connectivity index (χ3v) is 3.88. The maximum Gasteiger partial charge on any atom is 0.267 e. The molecule has 0 saturated carbocycles. The second kappa shape index (κ2) is 5.18. The molecule has 1 fully saturated rings. The minimum absolute atomic E-state index is 0.134. The molecule has 1 aromatic heterocycles. The van der Waals surface area contributed by atoms with E-state index in [4.69, 9.17) is 0 Å². The number of aromatic nitrogens is 2. The van der Waals surface area contributed by atoms with Crippen LogP contribution < -0.4 is 10.5 Å². The Balaban J connectivity index is 2.07. The lowest BCUT2D eigenvalue weighted by molar-refractivity contribution is 0.395. The van der Waals surface area contributed by atoms with E-state index in [1.54, 1.807) is 0 Å². The van der Waals surface area contributed by atoms with Crippen molar-refractivity contribution in [2.45, 2.75) is 6.42 Å². The van der Waals surface area contributed by atoms with Crippen LogP contribution in [-0.2, 0) is 0 Å². The van der Waals surface area contributed by atoms with E-state index < -0.39 is 0 Å². The number of likely N-dealkylation sites (tertiary alicyclic amines) is 1. The van der Waals surface area contributed by atoms with Gasteiger partial charge in [0, 0.05) is 20.1 Å². The van der Waals surface area contributed by atoms with E-state index in [-0.39, 0.29) is 5.56 Å². The summed E-state index contributed by atoms with van der Waals surface area (Å²) in [7, 11) is 4.12. The van der Waals surface area contributed by atoms with Crippen LogP contribution in [0.15, 0.2) is 15.6 Å². The lowest BCUT2D eigenvalue weighted by atomic mass is 10.1. The minimum Gasteiger partial charge on any atom is -0.358 e. The molecule has 0 radical (unpaired) electrons. The van der Waals surface area contributed by atoms with Crippen molar-refractivity contribution in [1.29, 1.82) is 0 Å². The van der Waals surface area contributed by atoms with Gasteiger partial charge in [-0.3, -0.25) is 4.79 Å². The Morgan fingerprint density at radius 3 is 3.12 bits per heavy atom. The number of anilines is 1. The highest BCUT2D eigenvalue weighted by atomic mass is 79.9. The van der Waals surface area contributed by atoms with Crippen molar-refractivity contribution >= 4 is 21.7 Å². The van der Waals surface area contributed by atoms with Gasteiger partial charge in [0.05, 0.1) is 6.33 Å². The maximum absolute atomic E-state index is 11.5. The first kappa shape index (κ1) is 12.6. The van der Waals surface area contributed by atoms with Crippen molar-refractivity contribution in [3.05, 3.63) is 21.2 Å². The van der Waals surface area contributed by atoms with Crippen LogP contribution in [0.4, 0.5) is 5.82 Å². The smallest absolute Gasteiger partial charge is 0.267 e. The molecule has 0 aromatic carbocycles. The molecule has 2 rings (SSSR count). The number of hydrogen-bond acceptors (Lipinski definition) is 4. The van der Waals surface area contributed by atoms with Gasteiger partial charge in [0.2, 0.25) is 0 Å². The number of aromatic amines is 1. The highest BCUT2D eigenvalue weighted by Crippen LogP contribution is 2.21. The number of halogens is 1. The molecular weight excluding hydrogens is 284 g/mol. The van der Waals surface area contributed by atoms with Gasteiger partial charge in [0.1, 0.15) is 10.3 Å².